The minimum absolute atomic E-state index is 0.127. The van der Waals surface area contributed by atoms with Crippen molar-refractivity contribution in [2.45, 2.75) is 25.1 Å². The molecule has 130 valence electrons. The van der Waals surface area contributed by atoms with Gasteiger partial charge in [0.05, 0.1) is 22.7 Å². The van der Waals surface area contributed by atoms with E-state index in [1.807, 2.05) is 19.2 Å². The lowest BCUT2D eigenvalue weighted by Gasteiger charge is -2.27. The average Bonchev–Trinajstić information content (AvgIpc) is 3.25. The van der Waals surface area contributed by atoms with E-state index >= 15 is 0 Å². The second-order valence-electron chi connectivity index (χ2n) is 6.21. The summed E-state index contributed by atoms with van der Waals surface area (Å²) in [6, 6.07) is 7.64. The second kappa shape index (κ2) is 6.99. The Hall–Kier alpha value is -0.950. The number of benzene rings is 1. The van der Waals surface area contributed by atoms with Gasteiger partial charge >= 0.3 is 0 Å². The van der Waals surface area contributed by atoms with E-state index in [1.165, 1.54) is 4.88 Å². The molecule has 4 rings (SSSR count). The first-order chi connectivity index (χ1) is 12.0. The summed E-state index contributed by atoms with van der Waals surface area (Å²) in [7, 11) is 2.00. The summed E-state index contributed by atoms with van der Waals surface area (Å²) >= 11 is 15.8. The zero-order valence-corrected chi connectivity index (χ0v) is 16.6. The molecule has 3 aromatic rings. The van der Waals surface area contributed by atoms with E-state index in [9.17, 15) is 5.11 Å². The molecule has 2 atom stereocenters. The highest BCUT2D eigenvalue weighted by atomic mass is 35.5. The lowest BCUT2D eigenvalue weighted by atomic mass is 10.1. The van der Waals surface area contributed by atoms with Crippen LogP contribution >= 0.6 is 45.9 Å². The van der Waals surface area contributed by atoms with Crippen LogP contribution in [-0.4, -0.2) is 28.1 Å². The maximum absolute atomic E-state index is 10.6. The zero-order valence-electron chi connectivity index (χ0n) is 13.4. The van der Waals surface area contributed by atoms with Gasteiger partial charge in [-0.15, -0.1) is 22.7 Å². The fourth-order valence-electron chi connectivity index (χ4n) is 3.41. The van der Waals surface area contributed by atoms with Crippen molar-refractivity contribution < 1.29 is 5.11 Å². The molecule has 1 aliphatic rings. The number of likely N-dealkylation sites (N-methyl/N-ethyl adjacent to an activating group) is 1. The molecule has 7 heteroatoms. The van der Waals surface area contributed by atoms with E-state index in [0.717, 1.165) is 21.8 Å². The Labute approximate surface area is 164 Å². The van der Waals surface area contributed by atoms with Crippen molar-refractivity contribution in [2.24, 2.45) is 0 Å². The van der Waals surface area contributed by atoms with Gasteiger partial charge < -0.3 is 5.11 Å². The highest BCUT2D eigenvalue weighted by molar-refractivity contribution is 7.20. The van der Waals surface area contributed by atoms with Crippen molar-refractivity contribution in [1.29, 1.82) is 0 Å². The Morgan fingerprint density at radius 3 is 2.92 bits per heavy atom. The molecular formula is C18H16Cl2N2OS2. The van der Waals surface area contributed by atoms with Crippen molar-refractivity contribution in [3.63, 3.8) is 0 Å². The van der Waals surface area contributed by atoms with Crippen LogP contribution in [0.15, 0.2) is 35.0 Å². The second-order valence-corrected chi connectivity index (χ2v) is 8.86. The van der Waals surface area contributed by atoms with Crippen LogP contribution in [0.1, 0.15) is 22.9 Å². The molecule has 0 radical (unpaired) electrons. The Bertz CT molecular complexity index is 895. The van der Waals surface area contributed by atoms with Crippen LogP contribution in [-0.2, 0) is 13.0 Å². The fraction of sp³-hybridized carbons (Fsp3) is 0.278. The lowest BCUT2D eigenvalue weighted by molar-refractivity contribution is 0.0719. The van der Waals surface area contributed by atoms with Gasteiger partial charge in [0.2, 0.25) is 0 Å². The quantitative estimate of drug-likeness (QED) is 0.636. The molecule has 0 fully saturated rings. The smallest absolute Gasteiger partial charge is 0.133 e. The van der Waals surface area contributed by atoms with Crippen molar-refractivity contribution in [1.82, 2.24) is 9.88 Å². The molecule has 2 aromatic heterocycles. The van der Waals surface area contributed by atoms with E-state index in [4.69, 9.17) is 28.2 Å². The monoisotopic (exact) mass is 410 g/mol. The number of aliphatic hydroxyl groups excluding tert-OH is 1. The van der Waals surface area contributed by atoms with E-state index in [0.29, 0.717) is 23.0 Å². The van der Waals surface area contributed by atoms with E-state index in [-0.39, 0.29) is 6.04 Å². The van der Waals surface area contributed by atoms with E-state index in [2.05, 4.69) is 21.7 Å². The number of hydrogen-bond donors (Lipinski definition) is 1. The van der Waals surface area contributed by atoms with Gasteiger partial charge in [0.25, 0.3) is 0 Å². The maximum Gasteiger partial charge on any atom is 0.133 e. The first-order valence-electron chi connectivity index (χ1n) is 7.87. The molecule has 2 heterocycles. The Morgan fingerprint density at radius 1 is 1.32 bits per heavy atom. The van der Waals surface area contributed by atoms with E-state index in [1.54, 1.807) is 28.7 Å². The molecule has 1 aliphatic carbocycles. The number of rotatable bonds is 4. The third-order valence-corrected chi connectivity index (χ3v) is 6.95. The summed E-state index contributed by atoms with van der Waals surface area (Å²) in [6.45, 7) is 0.660. The van der Waals surface area contributed by atoms with Crippen LogP contribution in [0, 0.1) is 0 Å². The number of thiazole rings is 1. The standard InChI is InChI=1S/C18H16Cl2N2OS2/c1-22(8-11-9-25-18(21-11)16-3-2-4-24-16)17-13-5-10(19)6-14(20)12(13)7-15(17)23/h2-6,9,15,17,23H,7-8H2,1H3/t15-,17+/m0/s1. The van der Waals surface area contributed by atoms with Gasteiger partial charge in [-0.2, -0.15) is 0 Å². The number of hydrogen-bond acceptors (Lipinski definition) is 5. The Morgan fingerprint density at radius 2 is 2.16 bits per heavy atom. The molecule has 0 unspecified atom stereocenters. The summed E-state index contributed by atoms with van der Waals surface area (Å²) in [5, 5.41) is 17.0. The van der Waals surface area contributed by atoms with Crippen molar-refractivity contribution in [2.75, 3.05) is 7.05 Å². The molecule has 0 spiro atoms. The van der Waals surface area contributed by atoms with Gasteiger partial charge in [0, 0.05) is 28.4 Å². The van der Waals surface area contributed by atoms with Crippen LogP contribution in [0.4, 0.5) is 0 Å². The van der Waals surface area contributed by atoms with Crippen molar-refractivity contribution >= 4 is 45.9 Å². The van der Waals surface area contributed by atoms with Crippen LogP contribution in [0.25, 0.3) is 9.88 Å². The molecule has 0 aliphatic heterocycles. The first-order valence-corrected chi connectivity index (χ1v) is 10.4. The molecule has 25 heavy (non-hydrogen) atoms. The molecule has 0 bridgehead atoms. The number of aromatic nitrogens is 1. The molecule has 0 saturated carbocycles. The van der Waals surface area contributed by atoms with Gasteiger partial charge in [-0.25, -0.2) is 4.98 Å². The molecule has 1 aromatic carbocycles. The number of nitrogens with zero attached hydrogens (tertiary/aromatic N) is 2. The van der Waals surface area contributed by atoms with Crippen LogP contribution in [0.5, 0.6) is 0 Å². The SMILES string of the molecule is CN(Cc1csc(-c2cccs2)n1)[C@@H]1c2cc(Cl)cc(Cl)c2C[C@@H]1O. The first kappa shape index (κ1) is 17.5. The normalized spacial score (nSPS) is 19.6. The third kappa shape index (κ3) is 3.37. The van der Waals surface area contributed by atoms with Gasteiger partial charge in [-0.05, 0) is 41.8 Å². The van der Waals surface area contributed by atoms with Crippen LogP contribution < -0.4 is 0 Å². The van der Waals surface area contributed by atoms with E-state index < -0.39 is 6.10 Å². The lowest BCUT2D eigenvalue weighted by Crippen LogP contribution is -2.30. The van der Waals surface area contributed by atoms with Crippen molar-refractivity contribution in [3.05, 3.63) is 61.9 Å². The molecular weight excluding hydrogens is 395 g/mol. The van der Waals surface area contributed by atoms with Gasteiger partial charge in [-0.3, -0.25) is 4.90 Å². The van der Waals surface area contributed by atoms with Crippen LogP contribution in [0.3, 0.4) is 0 Å². The summed E-state index contributed by atoms with van der Waals surface area (Å²) in [6.07, 6.45) is 0.0593. The fourth-order valence-corrected chi connectivity index (χ4v) is 5.62. The maximum atomic E-state index is 10.6. The van der Waals surface area contributed by atoms with Gasteiger partial charge in [-0.1, -0.05) is 29.3 Å². The van der Waals surface area contributed by atoms with Crippen molar-refractivity contribution in [3.8, 4) is 9.88 Å². The third-order valence-electron chi connectivity index (χ3n) is 4.46. The zero-order chi connectivity index (χ0) is 17.6. The predicted molar refractivity (Wildman–Crippen MR) is 106 cm³/mol. The predicted octanol–water partition coefficient (Wildman–Crippen LogP) is 5.27. The molecule has 0 amide bonds. The summed E-state index contributed by atoms with van der Waals surface area (Å²) in [5.74, 6) is 0. The summed E-state index contributed by atoms with van der Waals surface area (Å²) < 4.78 is 0. The minimum Gasteiger partial charge on any atom is -0.391 e. The Kier molecular flexibility index (Phi) is 4.88. The highest BCUT2D eigenvalue weighted by Crippen LogP contribution is 2.41. The Balaban J connectivity index is 1.57. The van der Waals surface area contributed by atoms with Gasteiger partial charge in [0.1, 0.15) is 5.01 Å². The largest absolute Gasteiger partial charge is 0.391 e. The summed E-state index contributed by atoms with van der Waals surface area (Å²) in [4.78, 5) is 8.04. The molecule has 0 saturated heterocycles. The highest BCUT2D eigenvalue weighted by Gasteiger charge is 2.35. The van der Waals surface area contributed by atoms with Gasteiger partial charge in [0.15, 0.2) is 0 Å². The average molecular weight is 411 g/mol. The topological polar surface area (TPSA) is 36.4 Å². The number of thiophene rings is 1. The summed E-state index contributed by atoms with van der Waals surface area (Å²) in [5.41, 5.74) is 3.01. The number of aliphatic hydroxyl groups is 1. The molecule has 3 nitrogen and oxygen atoms in total. The molecule has 1 N–H and O–H groups in total. The number of fused-ring (bicyclic) bond motifs is 1. The number of halogens is 2. The minimum atomic E-state index is -0.494. The van der Waals surface area contributed by atoms with Crippen LogP contribution in [0.2, 0.25) is 10.0 Å².